The molecule has 2 unspecified atom stereocenters. The Labute approximate surface area is 115 Å². The minimum absolute atomic E-state index is 0.0677. The lowest BCUT2D eigenvalue weighted by molar-refractivity contribution is -0.122. The molecule has 1 aliphatic carbocycles. The number of carbonyl (C=O) groups excluding carboxylic acids is 2. The molecule has 4 nitrogen and oxygen atoms in total. The van der Waals surface area contributed by atoms with Crippen molar-refractivity contribution < 1.29 is 14.7 Å². The molecule has 2 amide bonds. The van der Waals surface area contributed by atoms with Gasteiger partial charge in [0.1, 0.15) is 5.75 Å². The Kier molecular flexibility index (Phi) is 2.82. The Morgan fingerprint density at radius 1 is 1.16 bits per heavy atom. The molecule has 0 radical (unpaired) electrons. The van der Waals surface area contributed by atoms with Gasteiger partial charge in [0.2, 0.25) is 11.8 Å². The fourth-order valence-electron chi connectivity index (χ4n) is 2.72. The SMILES string of the molecule is O=C1C2CC=C(Cl)CC2C(=O)N1c1ccccc1O. The van der Waals surface area contributed by atoms with Gasteiger partial charge in [0.05, 0.1) is 17.5 Å². The van der Waals surface area contributed by atoms with Gasteiger partial charge in [-0.1, -0.05) is 29.8 Å². The molecule has 3 rings (SSSR count). The Morgan fingerprint density at radius 2 is 1.84 bits per heavy atom. The van der Waals surface area contributed by atoms with Crippen LogP contribution in [0.2, 0.25) is 0 Å². The van der Waals surface area contributed by atoms with Crippen molar-refractivity contribution >= 4 is 29.1 Å². The topological polar surface area (TPSA) is 57.6 Å². The lowest BCUT2D eigenvalue weighted by Crippen LogP contribution is -2.30. The van der Waals surface area contributed by atoms with Crippen molar-refractivity contribution in [3.8, 4) is 5.75 Å². The largest absolute Gasteiger partial charge is 0.506 e. The minimum Gasteiger partial charge on any atom is -0.506 e. The first-order valence-electron chi connectivity index (χ1n) is 6.10. The normalized spacial score (nSPS) is 26.4. The van der Waals surface area contributed by atoms with Crippen LogP contribution in [0.5, 0.6) is 5.75 Å². The molecule has 98 valence electrons. The number of allylic oxidation sites excluding steroid dienone is 2. The first kappa shape index (κ1) is 12.2. The Balaban J connectivity index is 2.00. The fraction of sp³-hybridized carbons (Fsp3) is 0.286. The summed E-state index contributed by atoms with van der Waals surface area (Å²) in [4.78, 5) is 25.8. The summed E-state index contributed by atoms with van der Waals surface area (Å²) >= 11 is 5.95. The molecule has 1 aromatic rings. The van der Waals surface area contributed by atoms with E-state index in [1.165, 1.54) is 6.07 Å². The van der Waals surface area contributed by atoms with Crippen molar-refractivity contribution in [3.63, 3.8) is 0 Å². The van der Waals surface area contributed by atoms with Crippen molar-refractivity contribution in [1.82, 2.24) is 0 Å². The third-order valence-electron chi connectivity index (χ3n) is 3.69. The second kappa shape index (κ2) is 4.38. The minimum atomic E-state index is -0.399. The highest BCUT2D eigenvalue weighted by Crippen LogP contribution is 2.42. The number of rotatable bonds is 1. The summed E-state index contributed by atoms with van der Waals surface area (Å²) < 4.78 is 0. The van der Waals surface area contributed by atoms with Gasteiger partial charge in [0, 0.05) is 5.03 Å². The van der Waals surface area contributed by atoms with Gasteiger partial charge in [0.15, 0.2) is 0 Å². The molecule has 1 fully saturated rings. The second-order valence-corrected chi connectivity index (χ2v) is 5.29. The molecule has 0 spiro atoms. The maximum atomic E-state index is 12.4. The van der Waals surface area contributed by atoms with E-state index in [9.17, 15) is 14.7 Å². The number of hydrogen-bond acceptors (Lipinski definition) is 3. The van der Waals surface area contributed by atoms with E-state index in [1.807, 2.05) is 0 Å². The zero-order valence-corrected chi connectivity index (χ0v) is 10.8. The number of anilines is 1. The van der Waals surface area contributed by atoms with E-state index in [-0.39, 0.29) is 29.2 Å². The van der Waals surface area contributed by atoms with Crippen LogP contribution in [-0.4, -0.2) is 16.9 Å². The standard InChI is InChI=1S/C14H12ClNO3/c15-8-5-6-9-10(7-8)14(19)16(13(9)18)11-3-1-2-4-12(11)17/h1-5,9-10,17H,6-7H2. The molecule has 1 aliphatic heterocycles. The first-order chi connectivity index (χ1) is 9.09. The van der Waals surface area contributed by atoms with E-state index in [2.05, 4.69) is 0 Å². The van der Waals surface area contributed by atoms with Crippen LogP contribution in [0.15, 0.2) is 35.4 Å². The summed E-state index contributed by atoms with van der Waals surface area (Å²) in [6, 6.07) is 6.36. The van der Waals surface area contributed by atoms with Crippen LogP contribution in [0, 0.1) is 11.8 Å². The molecular formula is C14H12ClNO3. The molecule has 0 aromatic heterocycles. The number of phenolic OH excluding ortho intramolecular Hbond substituents is 1. The highest BCUT2D eigenvalue weighted by molar-refractivity contribution is 6.30. The van der Waals surface area contributed by atoms with Gasteiger partial charge in [-0.15, -0.1) is 0 Å². The van der Waals surface area contributed by atoms with E-state index in [0.29, 0.717) is 17.9 Å². The van der Waals surface area contributed by atoms with Crippen LogP contribution >= 0.6 is 11.6 Å². The van der Waals surface area contributed by atoms with Gasteiger partial charge >= 0.3 is 0 Å². The average molecular weight is 278 g/mol. The third kappa shape index (κ3) is 1.83. The van der Waals surface area contributed by atoms with E-state index in [1.54, 1.807) is 24.3 Å². The van der Waals surface area contributed by atoms with Crippen molar-refractivity contribution in [2.24, 2.45) is 11.8 Å². The monoisotopic (exact) mass is 277 g/mol. The van der Waals surface area contributed by atoms with Gasteiger partial charge in [-0.3, -0.25) is 9.59 Å². The number of aromatic hydroxyl groups is 1. The molecular weight excluding hydrogens is 266 g/mol. The molecule has 1 aromatic carbocycles. The van der Waals surface area contributed by atoms with Gasteiger partial charge < -0.3 is 5.11 Å². The number of hydrogen-bond donors (Lipinski definition) is 1. The van der Waals surface area contributed by atoms with Crippen LogP contribution in [-0.2, 0) is 9.59 Å². The van der Waals surface area contributed by atoms with Crippen molar-refractivity contribution in [2.45, 2.75) is 12.8 Å². The number of fused-ring (bicyclic) bond motifs is 1. The Bertz CT molecular complexity index is 596. The first-order valence-corrected chi connectivity index (χ1v) is 6.47. The number of amides is 2. The molecule has 2 atom stereocenters. The number of carbonyl (C=O) groups is 2. The summed E-state index contributed by atoms with van der Waals surface area (Å²) in [5.41, 5.74) is 0.253. The van der Waals surface area contributed by atoms with Gasteiger partial charge in [0.25, 0.3) is 0 Å². The van der Waals surface area contributed by atoms with Gasteiger partial charge in [-0.05, 0) is 25.0 Å². The predicted molar refractivity (Wildman–Crippen MR) is 70.7 cm³/mol. The number of imide groups is 1. The number of nitrogens with zero attached hydrogens (tertiary/aromatic N) is 1. The molecule has 1 N–H and O–H groups in total. The predicted octanol–water partition coefficient (Wildman–Crippen LogP) is 2.41. The summed E-state index contributed by atoms with van der Waals surface area (Å²) in [5, 5.41) is 10.4. The summed E-state index contributed by atoms with van der Waals surface area (Å²) in [6.45, 7) is 0. The molecule has 0 bridgehead atoms. The molecule has 5 heteroatoms. The van der Waals surface area contributed by atoms with Crippen LogP contribution in [0.1, 0.15) is 12.8 Å². The zero-order valence-electron chi connectivity index (χ0n) is 10.0. The zero-order chi connectivity index (χ0) is 13.6. The molecule has 0 saturated carbocycles. The van der Waals surface area contributed by atoms with E-state index in [4.69, 9.17) is 11.6 Å². The van der Waals surface area contributed by atoms with Crippen LogP contribution in [0.3, 0.4) is 0 Å². The number of halogens is 1. The Morgan fingerprint density at radius 3 is 2.58 bits per heavy atom. The molecule has 2 aliphatic rings. The van der Waals surface area contributed by atoms with E-state index >= 15 is 0 Å². The third-order valence-corrected chi connectivity index (χ3v) is 4.00. The van der Waals surface area contributed by atoms with Crippen LogP contribution in [0.4, 0.5) is 5.69 Å². The average Bonchev–Trinajstić information content (AvgIpc) is 2.63. The van der Waals surface area contributed by atoms with Gasteiger partial charge in [-0.25, -0.2) is 4.90 Å². The lowest BCUT2D eigenvalue weighted by Gasteiger charge is -2.17. The molecule has 1 heterocycles. The van der Waals surface area contributed by atoms with Gasteiger partial charge in [-0.2, -0.15) is 0 Å². The quantitative estimate of drug-likeness (QED) is 0.802. The molecule has 19 heavy (non-hydrogen) atoms. The summed E-state index contributed by atoms with van der Waals surface area (Å²) in [6.07, 6.45) is 2.68. The van der Waals surface area contributed by atoms with E-state index in [0.717, 1.165) is 4.90 Å². The second-order valence-electron chi connectivity index (χ2n) is 4.80. The fourth-order valence-corrected chi connectivity index (χ4v) is 2.97. The smallest absolute Gasteiger partial charge is 0.238 e. The van der Waals surface area contributed by atoms with E-state index < -0.39 is 5.92 Å². The van der Waals surface area contributed by atoms with Crippen molar-refractivity contribution in [3.05, 3.63) is 35.4 Å². The number of phenols is 1. The van der Waals surface area contributed by atoms with Crippen molar-refractivity contribution in [1.29, 1.82) is 0 Å². The summed E-state index contributed by atoms with van der Waals surface area (Å²) in [5.74, 6) is -1.35. The lowest BCUT2D eigenvalue weighted by atomic mass is 9.85. The number of benzene rings is 1. The molecule has 1 saturated heterocycles. The maximum Gasteiger partial charge on any atom is 0.238 e. The number of para-hydroxylation sites is 2. The highest BCUT2D eigenvalue weighted by Gasteiger charge is 2.49. The highest BCUT2D eigenvalue weighted by atomic mass is 35.5. The van der Waals surface area contributed by atoms with Crippen LogP contribution in [0.25, 0.3) is 0 Å². The maximum absolute atomic E-state index is 12.4. The Hall–Kier alpha value is -1.81. The van der Waals surface area contributed by atoms with Crippen LogP contribution < -0.4 is 4.90 Å². The van der Waals surface area contributed by atoms with Crippen molar-refractivity contribution in [2.75, 3.05) is 4.90 Å². The summed E-state index contributed by atoms with van der Waals surface area (Å²) in [7, 11) is 0.